The molecule has 2 aromatic rings. The van der Waals surface area contributed by atoms with Gasteiger partial charge in [-0.05, 0) is 31.9 Å². The lowest BCUT2D eigenvalue weighted by atomic mass is 10.0. The Morgan fingerprint density at radius 3 is 2.84 bits per heavy atom. The summed E-state index contributed by atoms with van der Waals surface area (Å²) in [5, 5.41) is 4.85. The molecule has 1 aliphatic rings. The molecule has 1 aromatic carbocycles. The molecule has 19 heavy (non-hydrogen) atoms. The van der Waals surface area contributed by atoms with Crippen molar-refractivity contribution in [2.45, 2.75) is 45.6 Å². The van der Waals surface area contributed by atoms with Crippen LogP contribution in [0.3, 0.4) is 0 Å². The maximum Gasteiger partial charge on any atom is 0.134 e. The lowest BCUT2D eigenvalue weighted by molar-refractivity contribution is 0.475. The molecule has 102 valence electrons. The molecule has 0 bridgehead atoms. The van der Waals surface area contributed by atoms with Crippen molar-refractivity contribution >= 4 is 11.0 Å². The normalized spacial score (nSPS) is 16.5. The summed E-state index contributed by atoms with van der Waals surface area (Å²) < 4.78 is 5.79. The summed E-state index contributed by atoms with van der Waals surface area (Å²) in [6.07, 6.45) is 7.09. The van der Waals surface area contributed by atoms with Gasteiger partial charge in [0.15, 0.2) is 0 Å². The van der Waals surface area contributed by atoms with Gasteiger partial charge in [0.05, 0.1) is 0 Å². The van der Waals surface area contributed by atoms with Crippen LogP contribution in [0.5, 0.6) is 0 Å². The molecule has 0 radical (unpaired) electrons. The van der Waals surface area contributed by atoms with E-state index in [2.05, 4.69) is 24.4 Å². The molecule has 1 fully saturated rings. The van der Waals surface area contributed by atoms with Gasteiger partial charge in [-0.2, -0.15) is 0 Å². The highest BCUT2D eigenvalue weighted by Gasteiger charge is 2.14. The molecule has 1 saturated carbocycles. The second-order valence-corrected chi connectivity index (χ2v) is 5.75. The van der Waals surface area contributed by atoms with Crippen LogP contribution in [0.15, 0.2) is 28.7 Å². The molecule has 0 spiro atoms. The number of fused-ring (bicyclic) bond motifs is 1. The highest BCUT2D eigenvalue weighted by atomic mass is 16.3. The molecular formula is C17H23NO. The predicted molar refractivity (Wildman–Crippen MR) is 79.2 cm³/mol. The van der Waals surface area contributed by atoms with E-state index in [1.807, 2.05) is 12.1 Å². The molecule has 2 nitrogen and oxygen atoms in total. The van der Waals surface area contributed by atoms with E-state index in [1.54, 1.807) is 0 Å². The fraction of sp³-hybridized carbons (Fsp3) is 0.529. The average molecular weight is 257 g/mol. The number of para-hydroxylation sites is 1. The number of hydrogen-bond donors (Lipinski definition) is 1. The summed E-state index contributed by atoms with van der Waals surface area (Å²) in [6.45, 7) is 4.12. The van der Waals surface area contributed by atoms with Crippen LogP contribution in [-0.2, 0) is 6.54 Å². The van der Waals surface area contributed by atoms with Gasteiger partial charge in [-0.15, -0.1) is 0 Å². The van der Waals surface area contributed by atoms with E-state index in [9.17, 15) is 0 Å². The Hall–Kier alpha value is -1.28. The Bertz CT molecular complexity index is 537. The number of aryl methyl sites for hydroxylation is 1. The SMILES string of the molecule is Cc1oc2ccccc2c1CNCCC1CCCC1. The topological polar surface area (TPSA) is 25.2 Å². The van der Waals surface area contributed by atoms with Crippen molar-refractivity contribution in [2.75, 3.05) is 6.54 Å². The summed E-state index contributed by atoms with van der Waals surface area (Å²) in [5.74, 6) is 2.02. The van der Waals surface area contributed by atoms with Crippen LogP contribution in [0.2, 0.25) is 0 Å². The second-order valence-electron chi connectivity index (χ2n) is 5.75. The third-order valence-electron chi connectivity index (χ3n) is 4.41. The van der Waals surface area contributed by atoms with Crippen LogP contribution in [0.1, 0.15) is 43.4 Å². The summed E-state index contributed by atoms with van der Waals surface area (Å²) in [4.78, 5) is 0. The maximum atomic E-state index is 5.79. The van der Waals surface area contributed by atoms with Crippen molar-refractivity contribution in [1.29, 1.82) is 0 Å². The maximum absolute atomic E-state index is 5.79. The molecule has 1 N–H and O–H groups in total. The van der Waals surface area contributed by atoms with Crippen LogP contribution < -0.4 is 5.32 Å². The van der Waals surface area contributed by atoms with Crippen LogP contribution in [0.25, 0.3) is 11.0 Å². The molecular weight excluding hydrogens is 234 g/mol. The van der Waals surface area contributed by atoms with Gasteiger partial charge in [-0.1, -0.05) is 43.9 Å². The molecule has 0 unspecified atom stereocenters. The lowest BCUT2D eigenvalue weighted by Crippen LogP contribution is -2.17. The third kappa shape index (κ3) is 2.84. The van der Waals surface area contributed by atoms with Crippen LogP contribution in [-0.4, -0.2) is 6.54 Å². The molecule has 0 atom stereocenters. The second kappa shape index (κ2) is 5.79. The first-order valence-electron chi connectivity index (χ1n) is 7.52. The largest absolute Gasteiger partial charge is 0.461 e. The minimum atomic E-state index is 0.926. The minimum Gasteiger partial charge on any atom is -0.461 e. The van der Waals surface area contributed by atoms with E-state index in [0.29, 0.717) is 0 Å². The highest BCUT2D eigenvalue weighted by Crippen LogP contribution is 2.27. The number of furan rings is 1. The van der Waals surface area contributed by atoms with Crippen molar-refractivity contribution in [2.24, 2.45) is 5.92 Å². The zero-order valence-electron chi connectivity index (χ0n) is 11.7. The first-order chi connectivity index (χ1) is 9.34. The van der Waals surface area contributed by atoms with Gasteiger partial charge in [-0.25, -0.2) is 0 Å². The van der Waals surface area contributed by atoms with Gasteiger partial charge < -0.3 is 9.73 Å². The van der Waals surface area contributed by atoms with Gasteiger partial charge in [0.2, 0.25) is 0 Å². The molecule has 3 rings (SSSR count). The average Bonchev–Trinajstić information content (AvgIpc) is 3.02. The molecule has 1 heterocycles. The van der Waals surface area contributed by atoms with Gasteiger partial charge in [0, 0.05) is 17.5 Å². The standard InChI is InChI=1S/C17H23NO/c1-13-16(15-8-4-5-9-17(15)19-13)12-18-11-10-14-6-2-3-7-14/h4-5,8-9,14,18H,2-3,6-7,10-12H2,1H3. The Kier molecular flexibility index (Phi) is 3.88. The van der Waals surface area contributed by atoms with Gasteiger partial charge in [-0.3, -0.25) is 0 Å². The third-order valence-corrected chi connectivity index (χ3v) is 4.41. The number of hydrogen-bond acceptors (Lipinski definition) is 2. The van der Waals surface area contributed by atoms with Crippen molar-refractivity contribution in [3.63, 3.8) is 0 Å². The smallest absolute Gasteiger partial charge is 0.134 e. The van der Waals surface area contributed by atoms with Crippen molar-refractivity contribution < 1.29 is 4.42 Å². The fourth-order valence-corrected chi connectivity index (χ4v) is 3.26. The zero-order chi connectivity index (χ0) is 13.1. The number of benzene rings is 1. The van der Waals surface area contributed by atoms with Crippen molar-refractivity contribution in [1.82, 2.24) is 5.32 Å². The van der Waals surface area contributed by atoms with Gasteiger partial charge >= 0.3 is 0 Å². The Labute approximate surface area is 115 Å². The molecule has 1 aromatic heterocycles. The summed E-state index contributed by atoms with van der Waals surface area (Å²) in [7, 11) is 0. The van der Waals surface area contributed by atoms with Crippen LogP contribution >= 0.6 is 0 Å². The van der Waals surface area contributed by atoms with Crippen molar-refractivity contribution in [3.8, 4) is 0 Å². The lowest BCUT2D eigenvalue weighted by Gasteiger charge is -2.09. The van der Waals surface area contributed by atoms with E-state index in [4.69, 9.17) is 4.42 Å². The monoisotopic (exact) mass is 257 g/mol. The Morgan fingerprint density at radius 2 is 2.00 bits per heavy atom. The zero-order valence-corrected chi connectivity index (χ0v) is 11.7. The summed E-state index contributed by atoms with van der Waals surface area (Å²) >= 11 is 0. The number of rotatable bonds is 5. The quantitative estimate of drug-likeness (QED) is 0.803. The molecule has 2 heteroatoms. The Morgan fingerprint density at radius 1 is 1.21 bits per heavy atom. The van der Waals surface area contributed by atoms with E-state index in [-0.39, 0.29) is 0 Å². The Balaban J connectivity index is 1.57. The van der Waals surface area contributed by atoms with Gasteiger partial charge in [0.25, 0.3) is 0 Å². The molecule has 0 amide bonds. The molecule has 1 aliphatic carbocycles. The molecule has 0 saturated heterocycles. The summed E-state index contributed by atoms with van der Waals surface area (Å²) in [6, 6.07) is 8.31. The highest BCUT2D eigenvalue weighted by molar-refractivity contribution is 5.82. The van der Waals surface area contributed by atoms with E-state index >= 15 is 0 Å². The first kappa shape index (κ1) is 12.7. The predicted octanol–water partition coefficient (Wildman–Crippen LogP) is 4.41. The minimum absolute atomic E-state index is 0.926. The first-order valence-corrected chi connectivity index (χ1v) is 7.52. The summed E-state index contributed by atoms with van der Waals surface area (Å²) in [5.41, 5.74) is 2.33. The van der Waals surface area contributed by atoms with E-state index in [1.165, 1.54) is 43.1 Å². The van der Waals surface area contributed by atoms with Crippen molar-refractivity contribution in [3.05, 3.63) is 35.6 Å². The van der Waals surface area contributed by atoms with Gasteiger partial charge in [0.1, 0.15) is 11.3 Å². The van der Waals surface area contributed by atoms with E-state index in [0.717, 1.165) is 30.4 Å². The van der Waals surface area contributed by atoms with E-state index < -0.39 is 0 Å². The van der Waals surface area contributed by atoms with Crippen LogP contribution in [0, 0.1) is 12.8 Å². The molecule has 0 aliphatic heterocycles. The number of nitrogens with one attached hydrogen (secondary N) is 1. The fourth-order valence-electron chi connectivity index (χ4n) is 3.26. The van der Waals surface area contributed by atoms with Crippen LogP contribution in [0.4, 0.5) is 0 Å².